The Morgan fingerprint density at radius 1 is 1.24 bits per heavy atom. The maximum absolute atomic E-state index is 12.3. The van der Waals surface area contributed by atoms with Crippen LogP contribution in [0.4, 0.5) is 0 Å². The quantitative estimate of drug-likeness (QED) is 0.498. The van der Waals surface area contributed by atoms with Gasteiger partial charge in [0.05, 0.1) is 6.10 Å². The van der Waals surface area contributed by atoms with Crippen LogP contribution in [0, 0.1) is 5.92 Å². The summed E-state index contributed by atoms with van der Waals surface area (Å²) in [5.74, 6) is -2.15. The van der Waals surface area contributed by atoms with Gasteiger partial charge in [0.1, 0.15) is 0 Å². The summed E-state index contributed by atoms with van der Waals surface area (Å²) in [6.45, 7) is 1.18. The average molecular weight is 420 g/mol. The first-order chi connectivity index (χ1) is 13.7. The number of carboxylic acid groups (broad SMARTS) is 1. The second kappa shape index (κ2) is 8.25. The van der Waals surface area contributed by atoms with Crippen molar-refractivity contribution in [3.8, 4) is 11.1 Å². The van der Waals surface area contributed by atoms with Gasteiger partial charge in [-0.25, -0.2) is 18.9 Å². The number of carbonyl (C=O) groups is 2. The van der Waals surface area contributed by atoms with Crippen LogP contribution in [0.3, 0.4) is 0 Å². The molecule has 2 aromatic rings. The van der Waals surface area contributed by atoms with Gasteiger partial charge >= 0.3 is 16.2 Å². The summed E-state index contributed by atoms with van der Waals surface area (Å²) >= 11 is 0. The van der Waals surface area contributed by atoms with Crippen LogP contribution >= 0.6 is 0 Å². The molecule has 3 rings (SSSR count). The molecule has 0 aliphatic carbocycles. The number of aromatic carboxylic acids is 1. The highest BCUT2D eigenvalue weighted by Crippen LogP contribution is 2.26. The minimum absolute atomic E-state index is 0.145. The molecule has 1 fully saturated rings. The number of amides is 1. The predicted octanol–water partition coefficient (Wildman–Crippen LogP) is 0.0863. The van der Waals surface area contributed by atoms with Crippen LogP contribution in [0.5, 0.6) is 0 Å². The van der Waals surface area contributed by atoms with E-state index in [1.54, 1.807) is 0 Å². The molecule has 0 bridgehead atoms. The highest BCUT2D eigenvalue weighted by molar-refractivity contribution is 7.87. The van der Waals surface area contributed by atoms with Crippen molar-refractivity contribution in [1.29, 1.82) is 0 Å². The highest BCUT2D eigenvalue weighted by Gasteiger charge is 2.23. The molecular weight excluding hydrogens is 400 g/mol. The van der Waals surface area contributed by atoms with E-state index in [9.17, 15) is 28.2 Å². The number of nitrogens with zero attached hydrogens (tertiary/aromatic N) is 2. The molecule has 1 aromatic carbocycles. The number of β-amino-alcohol motifs (C(OH)–C–C–N with tert-alkyl or cyclic N) is 1. The van der Waals surface area contributed by atoms with Gasteiger partial charge in [0.15, 0.2) is 5.69 Å². The Hall–Kier alpha value is -2.86. The SMILES string of the molecule is NS(=O)(=O)n1ccc(-c2ccc(C(=O)N=CC3CCNC[C@H]3O)cc2)c1C(=O)O. The summed E-state index contributed by atoms with van der Waals surface area (Å²) in [7, 11) is -4.27. The molecule has 29 heavy (non-hydrogen) atoms. The number of aliphatic imine (C=N–C) groups is 1. The minimum atomic E-state index is -4.27. The molecule has 154 valence electrons. The second-order valence-electron chi connectivity index (χ2n) is 6.61. The van der Waals surface area contributed by atoms with Crippen molar-refractivity contribution < 1.29 is 28.2 Å². The predicted molar refractivity (Wildman–Crippen MR) is 105 cm³/mol. The lowest BCUT2D eigenvalue weighted by Gasteiger charge is -2.24. The van der Waals surface area contributed by atoms with Gasteiger partial charge in [-0.3, -0.25) is 4.79 Å². The maximum Gasteiger partial charge on any atom is 0.354 e. The number of aliphatic hydroxyl groups excluding tert-OH is 1. The highest BCUT2D eigenvalue weighted by atomic mass is 32.2. The molecule has 10 nitrogen and oxygen atoms in total. The zero-order valence-electron chi connectivity index (χ0n) is 15.2. The van der Waals surface area contributed by atoms with Gasteiger partial charge in [-0.05, 0) is 36.7 Å². The van der Waals surface area contributed by atoms with Gasteiger partial charge in [-0.1, -0.05) is 12.1 Å². The van der Waals surface area contributed by atoms with Crippen LogP contribution in [-0.2, 0) is 10.2 Å². The minimum Gasteiger partial charge on any atom is -0.477 e. The first kappa shape index (κ1) is 20.9. The normalized spacial score (nSPS) is 20.1. The van der Waals surface area contributed by atoms with Gasteiger partial charge in [0, 0.05) is 36.0 Å². The van der Waals surface area contributed by atoms with Crippen molar-refractivity contribution >= 4 is 28.3 Å². The van der Waals surface area contributed by atoms with Gasteiger partial charge in [0.25, 0.3) is 5.91 Å². The standard InChI is InChI=1S/C18H20N4O6S/c19-29(27,28)22-8-6-14(16(22)18(25)26)11-1-3-12(4-2-11)17(24)21-9-13-5-7-20-10-15(13)23/h1-4,6,8-9,13,15,20,23H,5,7,10H2,(H,25,26)(H2,19,27,28)/t13?,15-/m1/s1. The van der Waals surface area contributed by atoms with Crippen LogP contribution in [0.15, 0.2) is 41.5 Å². The number of carboxylic acids is 1. The summed E-state index contributed by atoms with van der Waals surface area (Å²) < 4.78 is 23.6. The van der Waals surface area contributed by atoms with Gasteiger partial charge in [0.2, 0.25) is 0 Å². The number of hydrogen-bond acceptors (Lipinski definition) is 6. The van der Waals surface area contributed by atoms with Crippen molar-refractivity contribution in [2.75, 3.05) is 13.1 Å². The molecule has 0 saturated carbocycles. The number of rotatable bonds is 5. The Morgan fingerprint density at radius 2 is 1.93 bits per heavy atom. The lowest BCUT2D eigenvalue weighted by molar-refractivity contribution is 0.0689. The fourth-order valence-corrected chi connectivity index (χ4v) is 3.80. The molecule has 2 heterocycles. The summed E-state index contributed by atoms with van der Waals surface area (Å²) in [6, 6.07) is 7.25. The van der Waals surface area contributed by atoms with Crippen LogP contribution in [0.1, 0.15) is 27.3 Å². The van der Waals surface area contributed by atoms with Crippen LogP contribution in [0.2, 0.25) is 0 Å². The monoisotopic (exact) mass is 420 g/mol. The van der Waals surface area contributed by atoms with E-state index in [4.69, 9.17) is 5.14 Å². The number of nitrogens with two attached hydrogens (primary N) is 1. The van der Waals surface area contributed by atoms with E-state index in [-0.39, 0.29) is 17.0 Å². The zero-order valence-corrected chi connectivity index (χ0v) is 16.0. The van der Waals surface area contributed by atoms with Crippen LogP contribution < -0.4 is 10.5 Å². The molecule has 1 unspecified atom stereocenters. The molecular formula is C18H20N4O6S. The summed E-state index contributed by atoms with van der Waals surface area (Å²) in [5.41, 5.74) is 0.326. The maximum atomic E-state index is 12.3. The molecule has 1 aromatic heterocycles. The number of carbonyl (C=O) groups excluding carboxylic acids is 1. The number of hydrogen-bond donors (Lipinski definition) is 4. The summed E-state index contributed by atoms with van der Waals surface area (Å²) in [4.78, 5) is 27.7. The molecule has 0 radical (unpaired) electrons. The summed E-state index contributed by atoms with van der Waals surface area (Å²) in [5, 5.41) is 27.3. The van der Waals surface area contributed by atoms with E-state index in [0.717, 1.165) is 12.7 Å². The third-order valence-electron chi connectivity index (χ3n) is 4.66. The molecule has 1 aliphatic rings. The zero-order chi connectivity index (χ0) is 21.2. The largest absolute Gasteiger partial charge is 0.477 e. The van der Waals surface area contributed by atoms with Crippen LogP contribution in [-0.4, -0.2) is 59.9 Å². The molecule has 1 saturated heterocycles. The number of nitrogens with one attached hydrogen (secondary N) is 1. The molecule has 1 aliphatic heterocycles. The molecule has 0 spiro atoms. The topological polar surface area (TPSA) is 164 Å². The Balaban J connectivity index is 1.83. The van der Waals surface area contributed by atoms with E-state index in [0.29, 0.717) is 22.5 Å². The third-order valence-corrected chi connectivity index (χ3v) is 5.51. The van der Waals surface area contributed by atoms with E-state index in [2.05, 4.69) is 10.3 Å². The summed E-state index contributed by atoms with van der Waals surface area (Å²) in [6.07, 6.45) is 2.59. The van der Waals surface area contributed by atoms with E-state index >= 15 is 0 Å². The molecule has 11 heteroatoms. The fraction of sp³-hybridized carbons (Fsp3) is 0.278. The number of piperidine rings is 1. The number of benzene rings is 1. The Labute approximate surface area is 166 Å². The number of aromatic nitrogens is 1. The van der Waals surface area contributed by atoms with Crippen molar-refractivity contribution in [3.05, 3.63) is 47.8 Å². The van der Waals surface area contributed by atoms with E-state index in [1.807, 2.05) is 0 Å². The van der Waals surface area contributed by atoms with Gasteiger partial charge < -0.3 is 15.5 Å². The molecule has 5 N–H and O–H groups in total. The lowest BCUT2D eigenvalue weighted by Crippen LogP contribution is -2.41. The number of aliphatic hydroxyl groups is 1. The first-order valence-electron chi connectivity index (χ1n) is 8.74. The molecule has 1 amide bonds. The van der Waals surface area contributed by atoms with E-state index in [1.165, 1.54) is 36.5 Å². The van der Waals surface area contributed by atoms with Crippen molar-refractivity contribution in [2.24, 2.45) is 16.0 Å². The van der Waals surface area contributed by atoms with Crippen molar-refractivity contribution in [2.45, 2.75) is 12.5 Å². The Bertz CT molecular complexity index is 1060. The fourth-order valence-electron chi connectivity index (χ4n) is 3.14. The van der Waals surface area contributed by atoms with Gasteiger partial charge in [-0.2, -0.15) is 8.42 Å². The second-order valence-corrected chi connectivity index (χ2v) is 8.03. The average Bonchev–Trinajstić information content (AvgIpc) is 3.13. The van der Waals surface area contributed by atoms with Crippen molar-refractivity contribution in [1.82, 2.24) is 9.29 Å². The Kier molecular flexibility index (Phi) is 5.94. The van der Waals surface area contributed by atoms with Crippen molar-refractivity contribution in [3.63, 3.8) is 0 Å². The third kappa shape index (κ3) is 4.59. The molecule has 2 atom stereocenters. The van der Waals surface area contributed by atoms with E-state index < -0.39 is 33.9 Å². The van der Waals surface area contributed by atoms with Crippen LogP contribution in [0.25, 0.3) is 11.1 Å². The Morgan fingerprint density at radius 3 is 2.52 bits per heavy atom. The van der Waals surface area contributed by atoms with Gasteiger partial charge in [-0.15, -0.1) is 0 Å². The first-order valence-corrected chi connectivity index (χ1v) is 10.2. The smallest absolute Gasteiger partial charge is 0.354 e. The lowest BCUT2D eigenvalue weighted by atomic mass is 9.96.